The molecule has 0 bridgehead atoms. The van der Waals surface area contributed by atoms with Crippen molar-refractivity contribution in [1.82, 2.24) is 5.32 Å². The molecule has 134 valence electrons. The lowest BCUT2D eigenvalue weighted by Crippen LogP contribution is -2.19. The molecule has 3 aromatic rings. The summed E-state index contributed by atoms with van der Waals surface area (Å²) in [5.41, 5.74) is 1.48. The van der Waals surface area contributed by atoms with Gasteiger partial charge in [0.05, 0.1) is 22.7 Å². The van der Waals surface area contributed by atoms with Crippen LogP contribution < -0.4 is 10.1 Å². The number of hydrogen-bond donors (Lipinski definition) is 1. The van der Waals surface area contributed by atoms with E-state index in [4.69, 9.17) is 16.3 Å². The van der Waals surface area contributed by atoms with Crippen LogP contribution in [0.1, 0.15) is 5.56 Å². The highest BCUT2D eigenvalue weighted by Crippen LogP contribution is 2.35. The topological polar surface area (TPSA) is 50.7 Å². The van der Waals surface area contributed by atoms with E-state index in [1.54, 1.807) is 19.2 Å². The number of carbonyl (C=O) groups is 1. The third-order valence-corrected chi connectivity index (χ3v) is 5.38. The summed E-state index contributed by atoms with van der Waals surface area (Å²) in [5.74, 6) is 0.520. The Bertz CT molecular complexity index is 1110. The van der Waals surface area contributed by atoms with Gasteiger partial charge in [0.25, 0.3) is 5.91 Å². The second kappa shape index (κ2) is 7.47. The maximum atomic E-state index is 12.4. The van der Waals surface area contributed by atoms with Gasteiger partial charge in [-0.05, 0) is 46.8 Å². The number of benzene rings is 3. The molecule has 1 saturated heterocycles. The number of methoxy groups -OCH3 is 1. The molecule has 4 nitrogen and oxygen atoms in total. The largest absolute Gasteiger partial charge is 0.496 e. The lowest BCUT2D eigenvalue weighted by Gasteiger charge is -2.09. The predicted octanol–water partition coefficient (Wildman–Crippen LogP) is 5.39. The van der Waals surface area contributed by atoms with Crippen LogP contribution in [0, 0.1) is 0 Å². The molecule has 0 radical (unpaired) electrons. The molecule has 27 heavy (non-hydrogen) atoms. The Morgan fingerprint density at radius 2 is 1.85 bits per heavy atom. The van der Waals surface area contributed by atoms with Gasteiger partial charge in [0.2, 0.25) is 0 Å². The van der Waals surface area contributed by atoms with E-state index in [-0.39, 0.29) is 5.91 Å². The molecular weight excluding hydrogens is 380 g/mol. The van der Waals surface area contributed by atoms with Gasteiger partial charge in [-0.2, -0.15) is 0 Å². The number of thioether (sulfide) groups is 1. The number of carbonyl (C=O) groups excluding carboxylic acids is 1. The van der Waals surface area contributed by atoms with Crippen molar-refractivity contribution in [2.75, 3.05) is 7.11 Å². The maximum Gasteiger partial charge on any atom is 0.264 e. The highest BCUT2D eigenvalue weighted by molar-refractivity contribution is 8.18. The fraction of sp³-hybridized carbons (Fsp3) is 0.0476. The van der Waals surface area contributed by atoms with Crippen molar-refractivity contribution in [1.29, 1.82) is 0 Å². The molecule has 1 heterocycles. The normalized spacial score (nSPS) is 16.9. The minimum absolute atomic E-state index is 0.194. The summed E-state index contributed by atoms with van der Waals surface area (Å²) in [6, 6.07) is 19.2. The number of rotatable bonds is 3. The molecule has 0 spiro atoms. The Labute approximate surface area is 165 Å². The Morgan fingerprint density at radius 1 is 1.07 bits per heavy atom. The smallest absolute Gasteiger partial charge is 0.264 e. The van der Waals surface area contributed by atoms with Gasteiger partial charge in [-0.3, -0.25) is 4.79 Å². The first-order chi connectivity index (χ1) is 13.2. The Hall–Kier alpha value is -2.76. The van der Waals surface area contributed by atoms with E-state index in [9.17, 15) is 4.79 Å². The summed E-state index contributed by atoms with van der Waals surface area (Å²) in [5, 5.41) is 5.93. The van der Waals surface area contributed by atoms with E-state index in [1.807, 2.05) is 54.6 Å². The van der Waals surface area contributed by atoms with Gasteiger partial charge in [0, 0.05) is 5.56 Å². The minimum atomic E-state index is -0.194. The average molecular weight is 395 g/mol. The summed E-state index contributed by atoms with van der Waals surface area (Å²) in [4.78, 5) is 17.4. The number of para-hydroxylation sites is 1. The van der Waals surface area contributed by atoms with E-state index in [0.29, 0.717) is 26.5 Å². The highest BCUT2D eigenvalue weighted by Gasteiger charge is 2.25. The first kappa shape index (κ1) is 17.6. The molecule has 1 amide bonds. The van der Waals surface area contributed by atoms with Gasteiger partial charge in [0.15, 0.2) is 5.17 Å². The molecular formula is C21H15ClN2O2S. The summed E-state index contributed by atoms with van der Waals surface area (Å²) >= 11 is 7.43. The number of amidine groups is 1. The third-order valence-electron chi connectivity index (χ3n) is 4.15. The zero-order valence-electron chi connectivity index (χ0n) is 14.4. The lowest BCUT2D eigenvalue weighted by atomic mass is 10.0. The standard InChI is InChI=1S/C21H15ClN2O2S/c1-26-18-11-10-13-6-2-3-7-14(13)15(18)12-19-20(25)24-21(27-19)23-17-9-5-4-8-16(17)22/h2-12H,1H3,(H,23,24,25)/b19-12+. The molecule has 0 atom stereocenters. The highest BCUT2D eigenvalue weighted by atomic mass is 35.5. The molecule has 1 aliphatic rings. The number of aliphatic imine (C=N–C) groups is 1. The van der Waals surface area contributed by atoms with E-state index >= 15 is 0 Å². The van der Waals surface area contributed by atoms with Crippen molar-refractivity contribution in [2.24, 2.45) is 4.99 Å². The zero-order valence-corrected chi connectivity index (χ0v) is 16.0. The number of ether oxygens (including phenoxy) is 1. The van der Waals surface area contributed by atoms with E-state index in [1.165, 1.54) is 11.8 Å². The summed E-state index contributed by atoms with van der Waals surface area (Å²) in [7, 11) is 1.62. The molecule has 6 heteroatoms. The number of halogens is 1. The molecule has 1 fully saturated rings. The van der Waals surface area contributed by atoms with Gasteiger partial charge < -0.3 is 10.1 Å². The first-order valence-corrected chi connectivity index (χ1v) is 9.45. The molecule has 0 aromatic heterocycles. The molecule has 1 aliphatic heterocycles. The van der Waals surface area contributed by atoms with E-state index in [2.05, 4.69) is 10.3 Å². The number of nitrogens with zero attached hydrogens (tertiary/aromatic N) is 1. The van der Waals surface area contributed by atoms with Crippen molar-refractivity contribution < 1.29 is 9.53 Å². The molecule has 0 aliphatic carbocycles. The van der Waals surface area contributed by atoms with Crippen LogP contribution >= 0.6 is 23.4 Å². The fourth-order valence-corrected chi connectivity index (χ4v) is 3.86. The summed E-state index contributed by atoms with van der Waals surface area (Å²) in [6.07, 6.45) is 1.84. The molecule has 1 N–H and O–H groups in total. The third kappa shape index (κ3) is 3.56. The number of nitrogens with one attached hydrogen (secondary N) is 1. The van der Waals surface area contributed by atoms with Crippen molar-refractivity contribution in [3.8, 4) is 5.75 Å². The van der Waals surface area contributed by atoms with Crippen LogP contribution in [-0.4, -0.2) is 18.2 Å². The number of hydrogen-bond acceptors (Lipinski definition) is 4. The fourth-order valence-electron chi connectivity index (χ4n) is 2.87. The van der Waals surface area contributed by atoms with Crippen molar-refractivity contribution in [2.45, 2.75) is 0 Å². The molecule has 0 saturated carbocycles. The lowest BCUT2D eigenvalue weighted by molar-refractivity contribution is -0.115. The maximum absolute atomic E-state index is 12.4. The van der Waals surface area contributed by atoms with Gasteiger partial charge in [-0.15, -0.1) is 0 Å². The second-order valence-corrected chi connectivity index (χ2v) is 7.27. The Balaban J connectivity index is 1.74. The molecule has 4 rings (SSSR count). The van der Waals surface area contributed by atoms with Gasteiger partial charge in [0.1, 0.15) is 5.75 Å². The Kier molecular flexibility index (Phi) is 4.88. The first-order valence-electron chi connectivity index (χ1n) is 8.25. The predicted molar refractivity (Wildman–Crippen MR) is 113 cm³/mol. The zero-order chi connectivity index (χ0) is 18.8. The second-order valence-electron chi connectivity index (χ2n) is 5.84. The number of fused-ring (bicyclic) bond motifs is 1. The van der Waals surface area contributed by atoms with Crippen LogP contribution in [0.5, 0.6) is 5.75 Å². The van der Waals surface area contributed by atoms with Crippen LogP contribution in [0.15, 0.2) is 70.6 Å². The SMILES string of the molecule is COc1ccc2ccccc2c1/C=C1/SC(=Nc2ccccc2Cl)NC1=O. The summed E-state index contributed by atoms with van der Waals surface area (Å²) in [6.45, 7) is 0. The van der Waals surface area contributed by atoms with Crippen molar-refractivity contribution in [3.63, 3.8) is 0 Å². The van der Waals surface area contributed by atoms with Gasteiger partial charge in [-0.25, -0.2) is 4.99 Å². The number of amides is 1. The average Bonchev–Trinajstić information content (AvgIpc) is 3.03. The van der Waals surface area contributed by atoms with Crippen LogP contribution in [-0.2, 0) is 4.79 Å². The van der Waals surface area contributed by atoms with E-state index < -0.39 is 0 Å². The Morgan fingerprint density at radius 3 is 2.67 bits per heavy atom. The minimum Gasteiger partial charge on any atom is -0.496 e. The summed E-state index contributed by atoms with van der Waals surface area (Å²) < 4.78 is 5.50. The van der Waals surface area contributed by atoms with Gasteiger partial charge >= 0.3 is 0 Å². The van der Waals surface area contributed by atoms with E-state index in [0.717, 1.165) is 16.3 Å². The van der Waals surface area contributed by atoms with Crippen LogP contribution in [0.3, 0.4) is 0 Å². The van der Waals surface area contributed by atoms with Crippen molar-refractivity contribution >= 4 is 57.0 Å². The van der Waals surface area contributed by atoms with Crippen LogP contribution in [0.4, 0.5) is 5.69 Å². The molecule has 0 unspecified atom stereocenters. The van der Waals surface area contributed by atoms with Crippen molar-refractivity contribution in [3.05, 3.63) is 76.2 Å². The quantitative estimate of drug-likeness (QED) is 0.605. The monoisotopic (exact) mass is 394 g/mol. The van der Waals surface area contributed by atoms with Gasteiger partial charge in [-0.1, -0.05) is 54.1 Å². The van der Waals surface area contributed by atoms with Crippen LogP contribution in [0.25, 0.3) is 16.8 Å². The molecule has 3 aromatic carbocycles. The van der Waals surface area contributed by atoms with Crippen LogP contribution in [0.2, 0.25) is 5.02 Å².